The van der Waals surface area contributed by atoms with E-state index in [1.54, 1.807) is 19.2 Å². The molecule has 1 aromatic carbocycles. The number of aromatic hydroxyl groups is 1. The third-order valence-corrected chi connectivity index (χ3v) is 2.76. The summed E-state index contributed by atoms with van der Waals surface area (Å²) in [7, 11) is 1.73. The Kier molecular flexibility index (Phi) is 3.11. The number of phenols is 1. The van der Waals surface area contributed by atoms with Gasteiger partial charge in [0.05, 0.1) is 12.6 Å². The molecule has 0 saturated heterocycles. The highest BCUT2D eigenvalue weighted by Crippen LogP contribution is 2.34. The number of benzene rings is 1. The predicted molar refractivity (Wildman–Crippen MR) is 60.1 cm³/mol. The summed E-state index contributed by atoms with van der Waals surface area (Å²) in [5.41, 5.74) is 1.04. The van der Waals surface area contributed by atoms with Crippen molar-refractivity contribution in [2.24, 2.45) is 5.92 Å². The number of ether oxygens (including phenoxy) is 1. The first-order chi connectivity index (χ1) is 7.29. The molecule has 1 fully saturated rings. The number of phenolic OH excluding ortho intramolecular Hbond substituents is 1. The van der Waals surface area contributed by atoms with Crippen LogP contribution < -0.4 is 5.32 Å². The molecule has 1 unspecified atom stereocenters. The van der Waals surface area contributed by atoms with Gasteiger partial charge in [-0.1, -0.05) is 0 Å². The average Bonchev–Trinajstić information content (AvgIpc) is 3.04. The first kappa shape index (κ1) is 10.3. The minimum atomic E-state index is 0.301. The molecule has 0 aliphatic heterocycles. The molecule has 3 nitrogen and oxygen atoms in total. The van der Waals surface area contributed by atoms with Crippen LogP contribution in [0.1, 0.15) is 12.8 Å². The Labute approximate surface area is 90.1 Å². The van der Waals surface area contributed by atoms with Crippen LogP contribution in [0.4, 0.5) is 5.69 Å². The van der Waals surface area contributed by atoms with Crippen LogP contribution in [-0.2, 0) is 4.74 Å². The molecule has 1 saturated carbocycles. The maximum atomic E-state index is 9.16. The Morgan fingerprint density at radius 2 is 2.07 bits per heavy atom. The summed E-state index contributed by atoms with van der Waals surface area (Å²) in [6.07, 6.45) is 2.58. The van der Waals surface area contributed by atoms with Crippen LogP contribution in [0.2, 0.25) is 0 Å². The van der Waals surface area contributed by atoms with Crippen molar-refractivity contribution in [3.8, 4) is 5.75 Å². The van der Waals surface area contributed by atoms with E-state index >= 15 is 0 Å². The molecule has 0 amide bonds. The highest BCUT2D eigenvalue weighted by atomic mass is 16.5. The summed E-state index contributed by atoms with van der Waals surface area (Å²) in [5, 5.41) is 12.6. The summed E-state index contributed by atoms with van der Waals surface area (Å²) in [6, 6.07) is 7.57. The van der Waals surface area contributed by atoms with Crippen molar-refractivity contribution in [2.75, 3.05) is 19.0 Å². The van der Waals surface area contributed by atoms with E-state index in [0.29, 0.717) is 11.8 Å². The third kappa shape index (κ3) is 2.86. The van der Waals surface area contributed by atoms with Gasteiger partial charge in [0.1, 0.15) is 5.75 Å². The first-order valence-electron chi connectivity index (χ1n) is 5.34. The molecule has 1 aromatic rings. The quantitative estimate of drug-likeness (QED) is 0.727. The fourth-order valence-corrected chi connectivity index (χ4v) is 1.75. The zero-order chi connectivity index (χ0) is 10.7. The van der Waals surface area contributed by atoms with Gasteiger partial charge < -0.3 is 15.2 Å². The van der Waals surface area contributed by atoms with Crippen LogP contribution in [0.3, 0.4) is 0 Å². The highest BCUT2D eigenvalue weighted by molar-refractivity contribution is 5.47. The molecule has 3 heteroatoms. The molecule has 82 valence electrons. The second-order valence-corrected chi connectivity index (χ2v) is 4.09. The van der Waals surface area contributed by atoms with Gasteiger partial charge in [0.2, 0.25) is 0 Å². The van der Waals surface area contributed by atoms with Crippen molar-refractivity contribution in [1.82, 2.24) is 0 Å². The van der Waals surface area contributed by atoms with Gasteiger partial charge in [0, 0.05) is 12.8 Å². The molecule has 0 heterocycles. The topological polar surface area (TPSA) is 41.5 Å². The van der Waals surface area contributed by atoms with Gasteiger partial charge in [-0.2, -0.15) is 0 Å². The van der Waals surface area contributed by atoms with Crippen molar-refractivity contribution in [3.05, 3.63) is 24.3 Å². The number of hydrogen-bond donors (Lipinski definition) is 2. The summed E-state index contributed by atoms with van der Waals surface area (Å²) in [4.78, 5) is 0. The number of nitrogens with one attached hydrogen (secondary N) is 1. The Morgan fingerprint density at radius 1 is 1.40 bits per heavy atom. The van der Waals surface area contributed by atoms with Gasteiger partial charge in [0.25, 0.3) is 0 Å². The largest absolute Gasteiger partial charge is 0.508 e. The Balaban J connectivity index is 1.95. The van der Waals surface area contributed by atoms with E-state index in [1.165, 1.54) is 12.8 Å². The van der Waals surface area contributed by atoms with E-state index in [0.717, 1.165) is 18.2 Å². The Hall–Kier alpha value is -1.22. The summed E-state index contributed by atoms with van der Waals surface area (Å²) < 4.78 is 5.19. The number of methoxy groups -OCH3 is 1. The first-order valence-corrected chi connectivity index (χ1v) is 5.34. The van der Waals surface area contributed by atoms with Crippen LogP contribution in [0.25, 0.3) is 0 Å². The predicted octanol–water partition coefficient (Wildman–Crippen LogP) is 2.23. The van der Waals surface area contributed by atoms with E-state index in [4.69, 9.17) is 9.84 Å². The number of anilines is 1. The van der Waals surface area contributed by atoms with E-state index in [1.807, 2.05) is 12.1 Å². The molecule has 2 rings (SSSR count). The van der Waals surface area contributed by atoms with Gasteiger partial charge in [-0.05, 0) is 43.0 Å². The number of rotatable bonds is 5. The molecule has 1 aliphatic rings. The fraction of sp³-hybridized carbons (Fsp3) is 0.500. The average molecular weight is 207 g/mol. The lowest BCUT2D eigenvalue weighted by atomic mass is 10.2. The summed E-state index contributed by atoms with van der Waals surface area (Å²) in [5.74, 6) is 1.05. The SMILES string of the molecule is COCC(Nc1ccc(O)cc1)C1CC1. The standard InChI is InChI=1S/C12H17NO2/c1-15-8-12(9-2-3-9)13-10-4-6-11(14)7-5-10/h4-7,9,12-14H,2-3,8H2,1H3. The second-order valence-electron chi connectivity index (χ2n) is 4.09. The normalized spacial score (nSPS) is 17.4. The van der Waals surface area contributed by atoms with Crippen molar-refractivity contribution >= 4 is 5.69 Å². The molecule has 1 atom stereocenters. The van der Waals surface area contributed by atoms with Gasteiger partial charge in [-0.25, -0.2) is 0 Å². The highest BCUT2D eigenvalue weighted by Gasteiger charge is 2.30. The van der Waals surface area contributed by atoms with Gasteiger partial charge in [-0.3, -0.25) is 0 Å². The van der Waals surface area contributed by atoms with Crippen LogP contribution in [0.15, 0.2) is 24.3 Å². The molecule has 1 aliphatic carbocycles. The van der Waals surface area contributed by atoms with Crippen LogP contribution in [0.5, 0.6) is 5.75 Å². The molecule has 0 bridgehead atoms. The maximum Gasteiger partial charge on any atom is 0.115 e. The molecule has 15 heavy (non-hydrogen) atoms. The van der Waals surface area contributed by atoms with Crippen molar-refractivity contribution in [2.45, 2.75) is 18.9 Å². The Bertz CT molecular complexity index is 306. The zero-order valence-electron chi connectivity index (χ0n) is 8.94. The zero-order valence-corrected chi connectivity index (χ0v) is 8.94. The molecular formula is C12H17NO2. The van der Waals surface area contributed by atoms with Crippen LogP contribution in [0, 0.1) is 5.92 Å². The van der Waals surface area contributed by atoms with Gasteiger partial charge >= 0.3 is 0 Å². The number of hydrogen-bond acceptors (Lipinski definition) is 3. The minimum absolute atomic E-state index is 0.301. The van der Waals surface area contributed by atoms with Crippen molar-refractivity contribution in [3.63, 3.8) is 0 Å². The van der Waals surface area contributed by atoms with Crippen molar-refractivity contribution < 1.29 is 9.84 Å². The maximum absolute atomic E-state index is 9.16. The van der Waals surface area contributed by atoms with Crippen LogP contribution >= 0.6 is 0 Å². The molecule has 0 spiro atoms. The third-order valence-electron chi connectivity index (χ3n) is 2.76. The molecule has 2 N–H and O–H groups in total. The van der Waals surface area contributed by atoms with E-state index in [-0.39, 0.29) is 0 Å². The molecular weight excluding hydrogens is 190 g/mol. The van der Waals surface area contributed by atoms with Gasteiger partial charge in [0.15, 0.2) is 0 Å². The summed E-state index contributed by atoms with van der Waals surface area (Å²) >= 11 is 0. The molecule has 0 radical (unpaired) electrons. The minimum Gasteiger partial charge on any atom is -0.508 e. The monoisotopic (exact) mass is 207 g/mol. The summed E-state index contributed by atoms with van der Waals surface area (Å²) in [6.45, 7) is 0.742. The van der Waals surface area contributed by atoms with Crippen molar-refractivity contribution in [1.29, 1.82) is 0 Å². The fourth-order valence-electron chi connectivity index (χ4n) is 1.75. The van der Waals surface area contributed by atoms with Crippen LogP contribution in [-0.4, -0.2) is 24.9 Å². The lowest BCUT2D eigenvalue weighted by Gasteiger charge is -2.18. The van der Waals surface area contributed by atoms with Gasteiger partial charge in [-0.15, -0.1) is 0 Å². The van der Waals surface area contributed by atoms with E-state index in [2.05, 4.69) is 5.32 Å². The molecule has 0 aromatic heterocycles. The second kappa shape index (κ2) is 4.53. The lowest BCUT2D eigenvalue weighted by molar-refractivity contribution is 0.179. The van der Waals surface area contributed by atoms with E-state index in [9.17, 15) is 0 Å². The van der Waals surface area contributed by atoms with E-state index < -0.39 is 0 Å². The lowest BCUT2D eigenvalue weighted by Crippen LogP contribution is -2.26. The smallest absolute Gasteiger partial charge is 0.115 e. The Morgan fingerprint density at radius 3 is 2.60 bits per heavy atom.